The molecule has 0 N–H and O–H groups in total. The van der Waals surface area contributed by atoms with Crippen LogP contribution in [0.4, 0.5) is 0 Å². The van der Waals surface area contributed by atoms with Crippen molar-refractivity contribution >= 4 is 150 Å². The molecular formula is C113H74N8O2S2. The Morgan fingerprint density at radius 1 is 0.264 bits per heavy atom. The first kappa shape index (κ1) is 72.7. The summed E-state index contributed by atoms with van der Waals surface area (Å²) in [5, 5.41) is 18.0. The summed E-state index contributed by atoms with van der Waals surface area (Å²) < 4.78 is 18.5. The van der Waals surface area contributed by atoms with E-state index < -0.39 is 0 Å². The van der Waals surface area contributed by atoms with E-state index in [-0.39, 0.29) is 16.2 Å². The van der Waals surface area contributed by atoms with Gasteiger partial charge in [0.05, 0.1) is 28.3 Å². The van der Waals surface area contributed by atoms with E-state index in [2.05, 4.69) is 324 Å². The molecule has 0 spiro atoms. The van der Waals surface area contributed by atoms with E-state index in [9.17, 15) is 0 Å². The largest absolute Gasteiger partial charge is 0.455 e. The first-order valence-corrected chi connectivity index (χ1v) is 44.1. The molecule has 0 aliphatic heterocycles. The van der Waals surface area contributed by atoms with E-state index >= 15 is 0 Å². The Hall–Kier alpha value is -15.1. The number of rotatable bonds is 6. The molecule has 0 unspecified atom stereocenters. The Balaban J connectivity index is 0.000000103. The van der Waals surface area contributed by atoms with Gasteiger partial charge >= 0.3 is 0 Å². The SMILES string of the molecule is CC1(C)c2c(-c3ccccc3)nc(-c3ccc4c5ccccc5c5ccccc5c4c3)nc2-c2ccc3c(sc4ccccc43)c21.CC1(C)c2c(-c3ccccc3)nc(-c3cncc4ccccc34)nc2-c2ccc3sc4ccccc4c3c21.CC1(C)c2ccccc2-c2c1ccc1c2oc2c(-c3ccccc3)nc(-c3cccc4c3oc3ccncc34)nc21. The molecule has 9 heterocycles. The van der Waals surface area contributed by atoms with Gasteiger partial charge in [0.15, 0.2) is 23.1 Å². The molecule has 0 radical (unpaired) electrons. The first-order valence-electron chi connectivity index (χ1n) is 42.5. The summed E-state index contributed by atoms with van der Waals surface area (Å²) >= 11 is 3.76. The van der Waals surface area contributed by atoms with Gasteiger partial charge in [-0.25, -0.2) is 29.9 Å². The Morgan fingerprint density at radius 2 is 0.792 bits per heavy atom. The number of para-hydroxylation sites is 1. The van der Waals surface area contributed by atoms with Gasteiger partial charge in [-0.3, -0.25) is 9.97 Å². The van der Waals surface area contributed by atoms with Crippen molar-refractivity contribution in [3.63, 3.8) is 0 Å². The fourth-order valence-electron chi connectivity index (χ4n) is 20.8. The second-order valence-corrected chi connectivity index (χ2v) is 36.8. The molecule has 24 aromatic rings. The van der Waals surface area contributed by atoms with Crippen molar-refractivity contribution < 1.29 is 8.83 Å². The summed E-state index contributed by atoms with van der Waals surface area (Å²) in [5.74, 6) is 2.07. The fraction of sp³-hybridized carbons (Fsp3) is 0.0796. The molecule has 590 valence electrons. The molecule has 0 saturated carbocycles. The maximum atomic E-state index is 6.80. The van der Waals surface area contributed by atoms with Crippen molar-refractivity contribution in [1.29, 1.82) is 0 Å². The van der Waals surface area contributed by atoms with Gasteiger partial charge in [-0.1, -0.05) is 315 Å². The molecule has 15 aromatic carbocycles. The Kier molecular flexibility index (Phi) is 16.0. The van der Waals surface area contributed by atoms with Crippen LogP contribution in [0.25, 0.3) is 229 Å². The average Bonchev–Trinajstić information content (AvgIpc) is 1.57. The standard InChI is InChI=1S/C43H28N2S.C36H23N3O2.C34H23N3S/c1-43(2)37-34(23-22-33-32-18-10-11-19-36(32)46-41(33)37)40-38(43)39(25-12-4-3-5-13-25)44-42(45-40)26-20-21-31-29-16-7-6-14-27(29)28-15-8-9-17-30(28)35(31)24-26;1-36(2)26-14-7-6-11-22(26)29-27(36)16-15-23-31-34(41-33(23)29)30(20-9-4-3-5-10-20)38-35(39-31)24-13-8-12-21-25-19-37-18-17-28(25)40-32(21)24;1-34(2)29-24(16-17-27-28(29)23-14-8-9-15-26(23)38-27)32-30(34)31(20-10-4-3-5-11-20)36-33(37-32)25-19-35-18-21-12-6-7-13-22(21)25/h3-24H,1-2H3;3-19H,1-2H3;3-19H,1-2H3. The van der Waals surface area contributed by atoms with Crippen molar-refractivity contribution in [2.45, 2.75) is 57.8 Å². The smallest absolute Gasteiger partial charge is 0.180 e. The van der Waals surface area contributed by atoms with E-state index in [4.69, 9.17) is 38.7 Å². The third kappa shape index (κ3) is 10.9. The number of nitrogens with zero attached hydrogens (tertiary/aromatic N) is 8. The predicted molar refractivity (Wildman–Crippen MR) is 517 cm³/mol. The van der Waals surface area contributed by atoms with Crippen LogP contribution >= 0.6 is 22.7 Å². The van der Waals surface area contributed by atoms with E-state index in [1.807, 2.05) is 83.7 Å². The lowest BCUT2D eigenvalue weighted by molar-refractivity contribution is 0.652. The highest BCUT2D eigenvalue weighted by Crippen LogP contribution is 2.60. The molecular weight excluding hydrogens is 1570 g/mol. The molecule has 0 atom stereocenters. The highest BCUT2D eigenvalue weighted by atomic mass is 32.1. The number of thiophene rings is 2. The van der Waals surface area contributed by atoms with Crippen LogP contribution in [0.2, 0.25) is 0 Å². The van der Waals surface area contributed by atoms with Crippen LogP contribution in [0.15, 0.2) is 349 Å². The average molecular weight is 1640 g/mol. The molecule has 3 aliphatic rings. The van der Waals surface area contributed by atoms with Gasteiger partial charge in [0.25, 0.3) is 0 Å². The molecule has 0 fully saturated rings. The van der Waals surface area contributed by atoms with Crippen molar-refractivity contribution in [3.05, 3.63) is 374 Å². The van der Waals surface area contributed by atoms with Gasteiger partial charge in [-0.2, -0.15) is 0 Å². The van der Waals surface area contributed by atoms with E-state index in [1.165, 1.54) is 123 Å². The normalized spacial score (nSPS) is 13.7. The molecule has 3 aliphatic carbocycles. The van der Waals surface area contributed by atoms with Crippen molar-refractivity contribution in [2.24, 2.45) is 0 Å². The van der Waals surface area contributed by atoms with Gasteiger partial charge in [0, 0.05) is 159 Å². The second-order valence-electron chi connectivity index (χ2n) is 34.6. The number of hydrogen-bond donors (Lipinski definition) is 0. The number of aromatic nitrogens is 8. The van der Waals surface area contributed by atoms with Crippen LogP contribution in [0, 0.1) is 0 Å². The van der Waals surface area contributed by atoms with Crippen LogP contribution in [0.5, 0.6) is 0 Å². The fourth-order valence-corrected chi connectivity index (χ4v) is 23.4. The lowest BCUT2D eigenvalue weighted by Gasteiger charge is -2.24. The van der Waals surface area contributed by atoms with Crippen LogP contribution in [0.3, 0.4) is 0 Å². The number of hydrogen-bond acceptors (Lipinski definition) is 12. The van der Waals surface area contributed by atoms with Gasteiger partial charge < -0.3 is 8.83 Å². The Labute approximate surface area is 726 Å². The maximum absolute atomic E-state index is 6.80. The van der Waals surface area contributed by atoms with Crippen molar-refractivity contribution in [2.75, 3.05) is 0 Å². The first-order chi connectivity index (χ1) is 61.3. The highest BCUT2D eigenvalue weighted by Gasteiger charge is 2.45. The summed E-state index contributed by atoms with van der Waals surface area (Å²) in [6.07, 6.45) is 7.39. The van der Waals surface area contributed by atoms with E-state index in [0.29, 0.717) is 17.2 Å². The maximum Gasteiger partial charge on any atom is 0.180 e. The van der Waals surface area contributed by atoms with Gasteiger partial charge in [0.1, 0.15) is 28.0 Å². The summed E-state index contributed by atoms with van der Waals surface area (Å²) in [5.41, 5.74) is 26.5. The van der Waals surface area contributed by atoms with Gasteiger partial charge in [-0.05, 0) is 108 Å². The topological polar surface area (TPSA) is 129 Å². The number of furan rings is 2. The van der Waals surface area contributed by atoms with Crippen LogP contribution in [-0.2, 0) is 16.2 Å². The van der Waals surface area contributed by atoms with Crippen LogP contribution < -0.4 is 0 Å². The number of benzene rings is 15. The molecule has 125 heavy (non-hydrogen) atoms. The zero-order valence-corrected chi connectivity index (χ0v) is 70.7. The lowest BCUT2D eigenvalue weighted by atomic mass is 9.79. The van der Waals surface area contributed by atoms with E-state index in [1.54, 1.807) is 6.20 Å². The molecule has 27 rings (SSSR count). The monoisotopic (exact) mass is 1640 g/mol. The Morgan fingerprint density at radius 3 is 1.51 bits per heavy atom. The van der Waals surface area contributed by atoms with Gasteiger partial charge in [0.2, 0.25) is 0 Å². The third-order valence-corrected chi connectivity index (χ3v) is 28.9. The molecule has 10 nitrogen and oxygen atoms in total. The molecule has 0 saturated heterocycles. The van der Waals surface area contributed by atoms with Crippen LogP contribution in [-0.4, -0.2) is 39.9 Å². The molecule has 9 aromatic heterocycles. The third-order valence-electron chi connectivity index (χ3n) is 26.5. The minimum absolute atomic E-state index is 0.121. The zero-order chi connectivity index (χ0) is 83.3. The lowest BCUT2D eigenvalue weighted by Crippen LogP contribution is -2.18. The molecule has 0 bridgehead atoms. The summed E-state index contributed by atoms with van der Waals surface area (Å²) in [7, 11) is 0. The Bertz CT molecular complexity index is 8680. The van der Waals surface area contributed by atoms with Crippen molar-refractivity contribution in [1.82, 2.24) is 39.9 Å². The second kappa shape index (κ2) is 27.5. The summed E-state index contributed by atoms with van der Waals surface area (Å²) in [4.78, 5) is 40.7. The summed E-state index contributed by atoms with van der Waals surface area (Å²) in [6.45, 7) is 13.9. The molecule has 12 heteroatoms. The zero-order valence-electron chi connectivity index (χ0n) is 69.0. The van der Waals surface area contributed by atoms with Crippen LogP contribution in [0.1, 0.15) is 74.9 Å². The van der Waals surface area contributed by atoms with Gasteiger partial charge in [-0.15, -0.1) is 22.7 Å². The number of pyridine rings is 2. The predicted octanol–water partition coefficient (Wildman–Crippen LogP) is 30.3. The minimum Gasteiger partial charge on any atom is -0.455 e. The summed E-state index contributed by atoms with van der Waals surface area (Å²) in [6, 6.07) is 112. The van der Waals surface area contributed by atoms with E-state index in [0.717, 1.165) is 122 Å². The number of fused-ring (bicyclic) bond motifs is 31. The molecule has 0 amide bonds. The minimum atomic E-state index is -0.271. The van der Waals surface area contributed by atoms with Crippen molar-refractivity contribution in [3.8, 4) is 102 Å². The highest BCUT2D eigenvalue weighted by molar-refractivity contribution is 7.26. The quantitative estimate of drug-likeness (QED) is 0.148.